The van der Waals surface area contributed by atoms with Crippen LogP contribution >= 0.6 is 0 Å². The van der Waals surface area contributed by atoms with Crippen molar-refractivity contribution in [3.8, 4) is 0 Å². The highest BCUT2D eigenvalue weighted by Gasteiger charge is 2.36. The number of carbonyl (C=O) groups is 3. The van der Waals surface area contributed by atoms with E-state index in [2.05, 4.69) is 15.8 Å². The molecule has 4 aromatic rings. The molecule has 9 heteroatoms. The highest BCUT2D eigenvalue weighted by Crippen LogP contribution is 2.27. The lowest BCUT2D eigenvalue weighted by atomic mass is 9.80. The summed E-state index contributed by atoms with van der Waals surface area (Å²) in [4.78, 5) is 49.1. The Balaban J connectivity index is 1.53. The molecule has 0 aliphatic heterocycles. The summed E-state index contributed by atoms with van der Waals surface area (Å²) in [6, 6.07) is 26.1. The van der Waals surface area contributed by atoms with Gasteiger partial charge in [0, 0.05) is 29.4 Å². The first kappa shape index (κ1) is 32.4. The number of carbonyl (C=O) groups excluding carboxylic acids is 3. The number of aromatic nitrogens is 1. The standard InChI is InChI=1S/C35H42N4O5/c1-24(2)20-30(29(34(41)38-43)18-11-16-25-12-5-3-6-13-25)33(40)37-32(21-27-22-36-31-19-10-9-17-28(27)31)35(42)39-44-23-26-14-7-4-8-15-26/h3-10,12-15,17,19,22,24,29-30,32,36,43H,11,16,18,20-21,23H2,1-2H3,(H,37,40)(H,38,41)(H,39,42)/t29-,30+,32-/m1/s1. The molecular formula is C35H42N4O5. The van der Waals surface area contributed by atoms with E-state index in [1.807, 2.05) is 105 Å². The summed E-state index contributed by atoms with van der Waals surface area (Å²) >= 11 is 0. The van der Waals surface area contributed by atoms with E-state index in [0.29, 0.717) is 19.3 Å². The van der Waals surface area contributed by atoms with Crippen molar-refractivity contribution in [3.05, 3.63) is 108 Å². The molecule has 0 aliphatic rings. The quantitative estimate of drug-likeness (QED) is 0.0888. The maximum absolute atomic E-state index is 14.0. The van der Waals surface area contributed by atoms with Gasteiger partial charge in [0.15, 0.2) is 0 Å². The van der Waals surface area contributed by atoms with Gasteiger partial charge >= 0.3 is 0 Å². The molecule has 1 heterocycles. The predicted octanol–water partition coefficient (Wildman–Crippen LogP) is 5.25. The molecule has 4 rings (SSSR count). The number of nitrogens with one attached hydrogen (secondary N) is 4. The number of rotatable bonds is 16. The monoisotopic (exact) mass is 598 g/mol. The maximum atomic E-state index is 14.0. The van der Waals surface area contributed by atoms with Crippen molar-refractivity contribution in [3.63, 3.8) is 0 Å². The Morgan fingerprint density at radius 1 is 0.818 bits per heavy atom. The minimum atomic E-state index is -0.978. The number of aryl methyl sites for hydroxylation is 1. The van der Waals surface area contributed by atoms with E-state index in [1.165, 1.54) is 0 Å². The summed E-state index contributed by atoms with van der Waals surface area (Å²) in [5, 5.41) is 13.5. The van der Waals surface area contributed by atoms with Gasteiger partial charge in [-0.2, -0.15) is 0 Å². The van der Waals surface area contributed by atoms with Gasteiger partial charge in [-0.05, 0) is 54.4 Å². The van der Waals surface area contributed by atoms with Crippen molar-refractivity contribution in [1.82, 2.24) is 21.3 Å². The van der Waals surface area contributed by atoms with Crippen LogP contribution in [0.3, 0.4) is 0 Å². The molecule has 5 N–H and O–H groups in total. The van der Waals surface area contributed by atoms with Gasteiger partial charge in [0.1, 0.15) is 6.04 Å². The van der Waals surface area contributed by atoms with Gasteiger partial charge < -0.3 is 10.3 Å². The van der Waals surface area contributed by atoms with Crippen LogP contribution in [0.4, 0.5) is 0 Å². The van der Waals surface area contributed by atoms with E-state index in [1.54, 1.807) is 5.48 Å². The lowest BCUT2D eigenvalue weighted by Crippen LogP contribution is -2.51. The molecule has 3 amide bonds. The van der Waals surface area contributed by atoms with E-state index in [-0.39, 0.29) is 18.9 Å². The van der Waals surface area contributed by atoms with Crippen molar-refractivity contribution >= 4 is 28.6 Å². The fraction of sp³-hybridized carbons (Fsp3) is 0.343. The zero-order valence-electron chi connectivity index (χ0n) is 25.3. The van der Waals surface area contributed by atoms with E-state index >= 15 is 0 Å². The molecule has 0 saturated heterocycles. The second-order valence-electron chi connectivity index (χ2n) is 11.6. The zero-order chi connectivity index (χ0) is 31.3. The third-order valence-corrected chi connectivity index (χ3v) is 7.80. The first-order chi connectivity index (χ1) is 21.4. The second kappa shape index (κ2) is 16.4. The average Bonchev–Trinajstić information content (AvgIpc) is 3.45. The van der Waals surface area contributed by atoms with Crippen LogP contribution in [-0.4, -0.2) is 34.0 Å². The summed E-state index contributed by atoms with van der Waals surface area (Å²) in [5.41, 5.74) is 8.08. The predicted molar refractivity (Wildman–Crippen MR) is 169 cm³/mol. The molecule has 0 aliphatic carbocycles. The van der Waals surface area contributed by atoms with Gasteiger partial charge in [0.25, 0.3) is 5.91 Å². The summed E-state index contributed by atoms with van der Waals surface area (Å²) in [7, 11) is 0. The molecule has 232 valence electrons. The van der Waals surface area contributed by atoms with Crippen molar-refractivity contribution in [1.29, 1.82) is 0 Å². The Labute approximate surface area is 258 Å². The Kier molecular flexibility index (Phi) is 12.1. The topological polar surface area (TPSA) is 133 Å². The van der Waals surface area contributed by atoms with Crippen LogP contribution in [0.25, 0.3) is 10.9 Å². The number of amides is 3. The molecule has 0 fully saturated rings. The molecule has 0 unspecified atom stereocenters. The molecular weight excluding hydrogens is 556 g/mol. The number of hydrogen-bond donors (Lipinski definition) is 5. The van der Waals surface area contributed by atoms with Crippen LogP contribution in [0.2, 0.25) is 0 Å². The molecule has 3 aromatic carbocycles. The summed E-state index contributed by atoms with van der Waals surface area (Å²) < 4.78 is 0. The number of benzene rings is 3. The van der Waals surface area contributed by atoms with Gasteiger partial charge in [-0.15, -0.1) is 0 Å². The number of H-pyrrole nitrogens is 1. The SMILES string of the molecule is CC(C)C[C@H](C(=O)N[C@H](Cc1c[nH]c2ccccc12)C(=O)NOCc1ccccc1)[C@@H](CCCc1ccccc1)C(=O)NO. The molecule has 0 bridgehead atoms. The fourth-order valence-corrected chi connectivity index (χ4v) is 5.57. The van der Waals surface area contributed by atoms with Gasteiger partial charge in [-0.25, -0.2) is 11.0 Å². The summed E-state index contributed by atoms with van der Waals surface area (Å²) in [6.07, 6.45) is 4.22. The zero-order valence-corrected chi connectivity index (χ0v) is 25.3. The van der Waals surface area contributed by atoms with E-state index in [4.69, 9.17) is 4.84 Å². The fourth-order valence-electron chi connectivity index (χ4n) is 5.57. The van der Waals surface area contributed by atoms with E-state index in [9.17, 15) is 19.6 Å². The number of aromatic amines is 1. The van der Waals surface area contributed by atoms with Gasteiger partial charge in [-0.1, -0.05) is 92.7 Å². The van der Waals surface area contributed by atoms with Gasteiger partial charge in [0.2, 0.25) is 11.8 Å². The second-order valence-corrected chi connectivity index (χ2v) is 11.6. The first-order valence-corrected chi connectivity index (χ1v) is 15.1. The number of hydroxylamine groups is 2. The summed E-state index contributed by atoms with van der Waals surface area (Å²) in [5.74, 6) is -2.99. The van der Waals surface area contributed by atoms with Crippen LogP contribution in [0.1, 0.15) is 49.8 Å². The minimum absolute atomic E-state index is 0.0870. The van der Waals surface area contributed by atoms with Crippen LogP contribution in [0, 0.1) is 17.8 Å². The largest absolute Gasteiger partial charge is 0.361 e. The molecule has 0 saturated carbocycles. The number of fused-ring (bicyclic) bond motifs is 1. The highest BCUT2D eigenvalue weighted by molar-refractivity contribution is 5.92. The van der Waals surface area contributed by atoms with Gasteiger partial charge in [0.05, 0.1) is 12.5 Å². The maximum Gasteiger partial charge on any atom is 0.266 e. The van der Waals surface area contributed by atoms with E-state index < -0.39 is 35.6 Å². The Morgan fingerprint density at radius 3 is 2.16 bits per heavy atom. The molecule has 3 atom stereocenters. The molecule has 1 aromatic heterocycles. The van der Waals surface area contributed by atoms with Crippen LogP contribution < -0.4 is 16.3 Å². The normalized spacial score (nSPS) is 13.3. The number of hydrogen-bond acceptors (Lipinski definition) is 5. The first-order valence-electron chi connectivity index (χ1n) is 15.1. The van der Waals surface area contributed by atoms with Crippen molar-refractivity contribution in [2.45, 2.75) is 58.6 Å². The van der Waals surface area contributed by atoms with Crippen molar-refractivity contribution in [2.75, 3.05) is 0 Å². The lowest BCUT2D eigenvalue weighted by Gasteiger charge is -2.28. The molecule has 0 spiro atoms. The van der Waals surface area contributed by atoms with Gasteiger partial charge in [-0.3, -0.25) is 24.4 Å². The summed E-state index contributed by atoms with van der Waals surface area (Å²) in [6.45, 7) is 4.12. The highest BCUT2D eigenvalue weighted by atomic mass is 16.6. The van der Waals surface area contributed by atoms with Crippen molar-refractivity contribution in [2.24, 2.45) is 17.8 Å². The Bertz CT molecular complexity index is 1490. The van der Waals surface area contributed by atoms with Crippen LogP contribution in [0.5, 0.6) is 0 Å². The smallest absolute Gasteiger partial charge is 0.266 e. The average molecular weight is 599 g/mol. The number of para-hydroxylation sites is 1. The Hall–Kier alpha value is -4.47. The molecule has 9 nitrogen and oxygen atoms in total. The third-order valence-electron chi connectivity index (χ3n) is 7.80. The van der Waals surface area contributed by atoms with Crippen molar-refractivity contribution < 1.29 is 24.4 Å². The molecule has 0 radical (unpaired) electrons. The van der Waals surface area contributed by atoms with Crippen LogP contribution in [0.15, 0.2) is 91.1 Å². The lowest BCUT2D eigenvalue weighted by molar-refractivity contribution is -0.143. The van der Waals surface area contributed by atoms with E-state index in [0.717, 1.165) is 34.0 Å². The Morgan fingerprint density at radius 2 is 1.48 bits per heavy atom. The third kappa shape index (κ3) is 9.26. The minimum Gasteiger partial charge on any atom is -0.361 e. The molecule has 44 heavy (non-hydrogen) atoms. The van der Waals surface area contributed by atoms with Crippen LogP contribution in [-0.2, 0) is 38.7 Å².